The molecular formula is C44H47N7O4S2. The molecule has 0 spiro atoms. The first-order valence-corrected chi connectivity index (χ1v) is 21.7. The number of nitrogens with one attached hydrogen (secondary N) is 2. The molecule has 1 aliphatic rings. The molecule has 2 N–H and O–H groups in total. The Morgan fingerprint density at radius 3 is 2.44 bits per heavy atom. The summed E-state index contributed by atoms with van der Waals surface area (Å²) in [5.41, 5.74) is 6.57. The zero-order valence-electron chi connectivity index (χ0n) is 32.2. The first-order chi connectivity index (χ1) is 27.6. The first-order valence-electron chi connectivity index (χ1n) is 19.3. The van der Waals surface area contributed by atoms with Crippen LogP contribution in [0.2, 0.25) is 0 Å². The summed E-state index contributed by atoms with van der Waals surface area (Å²) in [5, 5.41) is 15.9. The molecule has 0 saturated carbocycles. The molecular weight excluding hydrogens is 755 g/mol. The Morgan fingerprint density at radius 1 is 0.860 bits per heavy atom. The second kappa shape index (κ2) is 18.2. The number of fused-ring (bicyclic) bond motifs is 1. The fourth-order valence-electron chi connectivity index (χ4n) is 7.21. The van der Waals surface area contributed by atoms with Gasteiger partial charge in [-0.15, -0.1) is 11.8 Å². The molecule has 294 valence electrons. The van der Waals surface area contributed by atoms with E-state index in [2.05, 4.69) is 110 Å². The smallest absolute Gasteiger partial charge is 0.293 e. The highest BCUT2D eigenvalue weighted by Crippen LogP contribution is 2.32. The predicted molar refractivity (Wildman–Crippen MR) is 232 cm³/mol. The second-order valence-corrected chi connectivity index (χ2v) is 17.3. The molecule has 1 aromatic heterocycles. The third kappa shape index (κ3) is 10.1. The number of unbranched alkanes of at least 4 members (excludes halogenated alkanes) is 1. The Morgan fingerprint density at radius 2 is 1.65 bits per heavy atom. The van der Waals surface area contributed by atoms with E-state index in [1.165, 1.54) is 45.6 Å². The monoisotopic (exact) mass is 801 g/mol. The molecule has 2 heterocycles. The number of hydrogen-bond donors (Lipinski definition) is 2. The van der Waals surface area contributed by atoms with Crippen molar-refractivity contribution in [2.24, 2.45) is 0 Å². The molecule has 5 aromatic carbocycles. The average Bonchev–Trinajstić information content (AvgIpc) is 3.21. The van der Waals surface area contributed by atoms with Crippen LogP contribution in [0.1, 0.15) is 37.3 Å². The largest absolute Gasteiger partial charge is 0.377 e. The predicted octanol–water partition coefficient (Wildman–Crippen LogP) is 9.40. The van der Waals surface area contributed by atoms with Gasteiger partial charge in [0.25, 0.3) is 15.7 Å². The number of benzene rings is 5. The summed E-state index contributed by atoms with van der Waals surface area (Å²) in [6.45, 7) is 8.38. The number of nitro groups is 1. The fourth-order valence-corrected chi connectivity index (χ4v) is 9.29. The van der Waals surface area contributed by atoms with Crippen LogP contribution in [-0.4, -0.2) is 66.2 Å². The van der Waals surface area contributed by atoms with E-state index in [9.17, 15) is 18.5 Å². The average molecular weight is 802 g/mol. The quantitative estimate of drug-likeness (QED) is 0.0422. The van der Waals surface area contributed by atoms with E-state index in [0.717, 1.165) is 69.5 Å². The maximum atomic E-state index is 13.6. The lowest BCUT2D eigenvalue weighted by Crippen LogP contribution is -2.46. The van der Waals surface area contributed by atoms with Crippen LogP contribution in [0.15, 0.2) is 131 Å². The first kappa shape index (κ1) is 39.7. The van der Waals surface area contributed by atoms with Gasteiger partial charge in [0.2, 0.25) is 0 Å². The van der Waals surface area contributed by atoms with E-state index in [1.54, 1.807) is 0 Å². The molecule has 1 atom stereocenters. The minimum absolute atomic E-state index is 0.0446. The van der Waals surface area contributed by atoms with Crippen LogP contribution in [0.4, 0.5) is 22.9 Å². The van der Waals surface area contributed by atoms with Crippen molar-refractivity contribution in [3.8, 4) is 11.1 Å². The third-order valence-corrected chi connectivity index (χ3v) is 12.7. The summed E-state index contributed by atoms with van der Waals surface area (Å²) in [6, 6.07) is 37.1. The van der Waals surface area contributed by atoms with E-state index < -0.39 is 14.9 Å². The Bertz CT molecular complexity index is 2440. The lowest BCUT2D eigenvalue weighted by molar-refractivity contribution is -0.384. The molecule has 0 bridgehead atoms. The lowest BCUT2D eigenvalue weighted by atomic mass is 9.99. The SMILES string of the molecule is Cc1cccc(SCCCC[C@@H](C)Nc2ccc(S(=O)(=O)Nc3ncnc4cc(N5CCN(Cc6ccccc6-c6ccccc6)CC5)ccc34)cc2[N+](=O)[O-])c1. The van der Waals surface area contributed by atoms with Gasteiger partial charge in [-0.2, -0.15) is 0 Å². The van der Waals surface area contributed by atoms with E-state index in [-0.39, 0.29) is 28.1 Å². The number of rotatable bonds is 16. The minimum Gasteiger partial charge on any atom is -0.377 e. The van der Waals surface area contributed by atoms with Crippen LogP contribution in [0.5, 0.6) is 0 Å². The van der Waals surface area contributed by atoms with Gasteiger partial charge in [0.15, 0.2) is 5.82 Å². The van der Waals surface area contributed by atoms with Gasteiger partial charge in [-0.3, -0.25) is 19.7 Å². The number of nitro benzene ring substituents is 1. The van der Waals surface area contributed by atoms with Crippen molar-refractivity contribution in [1.82, 2.24) is 14.9 Å². The van der Waals surface area contributed by atoms with Gasteiger partial charge in [0.05, 0.1) is 15.3 Å². The normalized spacial score (nSPS) is 14.0. The van der Waals surface area contributed by atoms with E-state index >= 15 is 0 Å². The Labute approximate surface area is 338 Å². The fraction of sp³-hybridized carbons (Fsp3) is 0.273. The van der Waals surface area contributed by atoms with Gasteiger partial charge in [-0.1, -0.05) is 78.7 Å². The van der Waals surface area contributed by atoms with Crippen molar-refractivity contribution >= 4 is 55.6 Å². The molecule has 1 fully saturated rings. The molecule has 11 nitrogen and oxygen atoms in total. The highest BCUT2D eigenvalue weighted by Gasteiger charge is 2.24. The molecule has 13 heteroatoms. The van der Waals surface area contributed by atoms with Crippen molar-refractivity contribution in [3.63, 3.8) is 0 Å². The van der Waals surface area contributed by atoms with Crippen LogP contribution in [0, 0.1) is 17.0 Å². The summed E-state index contributed by atoms with van der Waals surface area (Å²) in [7, 11) is -4.23. The Kier molecular flexibility index (Phi) is 12.7. The van der Waals surface area contributed by atoms with Crippen LogP contribution in [0.3, 0.4) is 0 Å². The highest BCUT2D eigenvalue weighted by atomic mass is 32.2. The van der Waals surface area contributed by atoms with Gasteiger partial charge in [-0.25, -0.2) is 18.4 Å². The molecule has 1 aliphatic heterocycles. The van der Waals surface area contributed by atoms with Crippen molar-refractivity contribution in [3.05, 3.63) is 143 Å². The van der Waals surface area contributed by atoms with E-state index in [1.807, 2.05) is 43.0 Å². The summed E-state index contributed by atoms with van der Waals surface area (Å²) in [4.78, 5) is 26.1. The Hall–Kier alpha value is -5.50. The number of thioether (sulfide) groups is 1. The number of nitrogens with zero attached hydrogens (tertiary/aromatic N) is 5. The van der Waals surface area contributed by atoms with Crippen LogP contribution >= 0.6 is 11.8 Å². The minimum atomic E-state index is -4.23. The second-order valence-electron chi connectivity index (χ2n) is 14.5. The van der Waals surface area contributed by atoms with Crippen molar-refractivity contribution < 1.29 is 13.3 Å². The number of piperazine rings is 1. The summed E-state index contributed by atoms with van der Waals surface area (Å²) in [6.07, 6.45) is 4.10. The molecule has 7 rings (SSSR count). The van der Waals surface area contributed by atoms with Gasteiger partial charge >= 0.3 is 0 Å². The summed E-state index contributed by atoms with van der Waals surface area (Å²) >= 11 is 1.82. The lowest BCUT2D eigenvalue weighted by Gasteiger charge is -2.36. The standard InChI is InChI=1S/C44H47N7O4S2/c1-32-11-10-16-37(27-32)56-26-9-8-12-33(2)47-41-21-19-38(29-43(41)51(52)53)57(54,55)48-44-40-20-18-36(28-42(40)45-31-46-44)50-24-22-49(23-25-50)30-35-15-6-7-17-39(35)34-13-4-3-5-14-34/h3-7,10-11,13-21,27-29,31,33,47H,8-9,12,22-26,30H2,1-2H3,(H,45,46,48)/t33-/m1/s1. The van der Waals surface area contributed by atoms with Gasteiger partial charge in [0.1, 0.15) is 12.0 Å². The zero-order valence-corrected chi connectivity index (χ0v) is 33.8. The van der Waals surface area contributed by atoms with Crippen molar-refractivity contribution in [1.29, 1.82) is 0 Å². The molecule has 0 radical (unpaired) electrons. The maximum absolute atomic E-state index is 13.6. The third-order valence-electron chi connectivity index (χ3n) is 10.3. The van der Waals surface area contributed by atoms with Crippen LogP contribution in [-0.2, 0) is 16.6 Å². The molecule has 1 saturated heterocycles. The zero-order chi connectivity index (χ0) is 39.8. The molecule has 0 amide bonds. The number of anilines is 3. The van der Waals surface area contributed by atoms with Gasteiger partial charge in [-0.05, 0) is 91.6 Å². The number of aromatic nitrogens is 2. The van der Waals surface area contributed by atoms with E-state index in [0.29, 0.717) is 10.9 Å². The van der Waals surface area contributed by atoms with E-state index in [4.69, 9.17) is 0 Å². The molecule has 0 unspecified atom stereocenters. The number of aryl methyl sites for hydroxylation is 1. The summed E-state index contributed by atoms with van der Waals surface area (Å²) < 4.78 is 29.8. The molecule has 57 heavy (non-hydrogen) atoms. The van der Waals surface area contributed by atoms with Gasteiger partial charge in [0, 0.05) is 60.8 Å². The topological polar surface area (TPSA) is 134 Å². The molecule has 6 aromatic rings. The molecule has 0 aliphatic carbocycles. The van der Waals surface area contributed by atoms with Crippen LogP contribution < -0.4 is 14.9 Å². The summed E-state index contributed by atoms with van der Waals surface area (Å²) in [5.74, 6) is 1.09. The van der Waals surface area contributed by atoms with Crippen LogP contribution in [0.25, 0.3) is 22.0 Å². The number of hydrogen-bond acceptors (Lipinski definition) is 10. The van der Waals surface area contributed by atoms with Crippen molar-refractivity contribution in [2.45, 2.75) is 55.5 Å². The van der Waals surface area contributed by atoms with Gasteiger partial charge < -0.3 is 10.2 Å². The highest BCUT2D eigenvalue weighted by molar-refractivity contribution is 7.99. The maximum Gasteiger partial charge on any atom is 0.293 e. The Balaban J connectivity index is 0.960. The number of sulfonamides is 1. The van der Waals surface area contributed by atoms with Crippen molar-refractivity contribution in [2.75, 3.05) is 46.9 Å².